The van der Waals surface area contributed by atoms with Crippen molar-refractivity contribution in [3.63, 3.8) is 0 Å². The third kappa shape index (κ3) is 2.09. The van der Waals surface area contributed by atoms with E-state index < -0.39 is 17.7 Å². The van der Waals surface area contributed by atoms with Crippen molar-refractivity contribution >= 4 is 0 Å². The normalized spacial score (nSPS) is 12.4. The van der Waals surface area contributed by atoms with Gasteiger partial charge in [-0.25, -0.2) is 8.78 Å². The summed E-state index contributed by atoms with van der Waals surface area (Å²) in [6.45, 7) is 0. The van der Waals surface area contributed by atoms with E-state index in [4.69, 9.17) is 0 Å². The van der Waals surface area contributed by atoms with E-state index >= 15 is 0 Å². The highest BCUT2D eigenvalue weighted by Crippen LogP contribution is 2.22. The van der Waals surface area contributed by atoms with E-state index in [1.165, 1.54) is 6.07 Å². The highest BCUT2D eigenvalue weighted by atomic mass is 19.2. The molecular formula is C13H10F2O. The highest BCUT2D eigenvalue weighted by molar-refractivity contribution is 5.30. The van der Waals surface area contributed by atoms with Gasteiger partial charge in [0.15, 0.2) is 11.6 Å². The molecule has 0 fully saturated rings. The molecule has 3 heteroatoms. The van der Waals surface area contributed by atoms with Gasteiger partial charge in [0.05, 0.1) is 0 Å². The maximum absolute atomic E-state index is 13.0. The van der Waals surface area contributed by atoms with Crippen molar-refractivity contribution in [2.24, 2.45) is 0 Å². The summed E-state index contributed by atoms with van der Waals surface area (Å²) in [7, 11) is 0. The molecule has 0 radical (unpaired) electrons. The van der Waals surface area contributed by atoms with Crippen molar-refractivity contribution in [3.8, 4) is 0 Å². The van der Waals surface area contributed by atoms with E-state index in [1.54, 1.807) is 24.3 Å². The van der Waals surface area contributed by atoms with Crippen molar-refractivity contribution in [2.75, 3.05) is 0 Å². The summed E-state index contributed by atoms with van der Waals surface area (Å²) in [6, 6.07) is 12.2. The number of hydrogen-bond acceptors (Lipinski definition) is 1. The van der Waals surface area contributed by atoms with Gasteiger partial charge in [-0.1, -0.05) is 36.4 Å². The Balaban J connectivity index is 2.34. The molecule has 1 N–H and O–H groups in total. The van der Waals surface area contributed by atoms with Crippen LogP contribution >= 0.6 is 0 Å². The van der Waals surface area contributed by atoms with Crippen LogP contribution in [0.1, 0.15) is 17.2 Å². The monoisotopic (exact) mass is 220 g/mol. The Labute approximate surface area is 92.0 Å². The number of aliphatic hydroxyl groups is 1. The van der Waals surface area contributed by atoms with Crippen molar-refractivity contribution in [1.82, 2.24) is 0 Å². The first-order valence-electron chi connectivity index (χ1n) is 4.86. The number of hydrogen-bond donors (Lipinski definition) is 1. The van der Waals surface area contributed by atoms with Gasteiger partial charge in [0.1, 0.15) is 6.10 Å². The van der Waals surface area contributed by atoms with Crippen LogP contribution in [0, 0.1) is 11.6 Å². The Kier molecular flexibility index (Phi) is 2.97. The van der Waals surface area contributed by atoms with Crippen LogP contribution in [-0.2, 0) is 0 Å². The smallest absolute Gasteiger partial charge is 0.159 e. The molecule has 0 unspecified atom stereocenters. The quantitative estimate of drug-likeness (QED) is 0.824. The standard InChI is InChI=1S/C13H10F2O/c14-11-7-6-10(8-12(11)15)13(16)9-4-2-1-3-5-9/h1-8,13,16H/t13-/m0/s1. The molecule has 0 aromatic heterocycles. The average Bonchev–Trinajstić information content (AvgIpc) is 2.33. The SMILES string of the molecule is O[C@@H](c1ccccc1)c1ccc(F)c(F)c1. The van der Waals surface area contributed by atoms with Crippen molar-refractivity contribution in [3.05, 3.63) is 71.3 Å². The summed E-state index contributed by atoms with van der Waals surface area (Å²) in [6.07, 6.45) is -0.934. The first kappa shape index (κ1) is 10.8. The molecular weight excluding hydrogens is 210 g/mol. The minimum absolute atomic E-state index is 0.338. The predicted octanol–water partition coefficient (Wildman–Crippen LogP) is 3.05. The summed E-state index contributed by atoms with van der Waals surface area (Å²) in [4.78, 5) is 0. The summed E-state index contributed by atoms with van der Waals surface area (Å²) in [5, 5.41) is 9.92. The summed E-state index contributed by atoms with van der Waals surface area (Å²) >= 11 is 0. The summed E-state index contributed by atoms with van der Waals surface area (Å²) in [5.74, 6) is -1.86. The maximum Gasteiger partial charge on any atom is 0.159 e. The lowest BCUT2D eigenvalue weighted by Gasteiger charge is -2.11. The van der Waals surface area contributed by atoms with E-state index in [2.05, 4.69) is 0 Å². The first-order chi connectivity index (χ1) is 7.68. The zero-order valence-electron chi connectivity index (χ0n) is 8.40. The highest BCUT2D eigenvalue weighted by Gasteiger charge is 2.12. The van der Waals surface area contributed by atoms with Gasteiger partial charge in [0.25, 0.3) is 0 Å². The van der Waals surface area contributed by atoms with Crippen molar-refractivity contribution in [2.45, 2.75) is 6.10 Å². The van der Waals surface area contributed by atoms with E-state index in [-0.39, 0.29) is 0 Å². The Bertz CT molecular complexity index is 483. The number of benzene rings is 2. The van der Waals surface area contributed by atoms with E-state index in [0.29, 0.717) is 11.1 Å². The minimum atomic E-state index is -0.951. The van der Waals surface area contributed by atoms with Crippen LogP contribution in [0.3, 0.4) is 0 Å². The molecule has 0 spiro atoms. The molecule has 0 aliphatic heterocycles. The van der Waals surface area contributed by atoms with Crippen LogP contribution in [0.5, 0.6) is 0 Å². The second kappa shape index (κ2) is 4.41. The Hall–Kier alpha value is -1.74. The van der Waals surface area contributed by atoms with Crippen LogP contribution in [0.15, 0.2) is 48.5 Å². The van der Waals surface area contributed by atoms with Gasteiger partial charge in [-0.3, -0.25) is 0 Å². The molecule has 2 rings (SSSR count). The minimum Gasteiger partial charge on any atom is -0.384 e. The second-order valence-corrected chi connectivity index (χ2v) is 3.49. The van der Waals surface area contributed by atoms with E-state index in [0.717, 1.165) is 12.1 Å². The fourth-order valence-electron chi connectivity index (χ4n) is 1.51. The molecule has 0 aliphatic carbocycles. The largest absolute Gasteiger partial charge is 0.384 e. The molecule has 0 saturated carbocycles. The van der Waals surface area contributed by atoms with Crippen molar-refractivity contribution in [1.29, 1.82) is 0 Å². The van der Waals surface area contributed by atoms with Crippen LogP contribution in [0.2, 0.25) is 0 Å². The van der Waals surface area contributed by atoms with Crippen LogP contribution in [0.4, 0.5) is 8.78 Å². The van der Waals surface area contributed by atoms with E-state index in [9.17, 15) is 13.9 Å². The Morgan fingerprint density at radius 3 is 2.12 bits per heavy atom. The van der Waals surface area contributed by atoms with Gasteiger partial charge in [-0.05, 0) is 23.3 Å². The van der Waals surface area contributed by atoms with Crippen LogP contribution in [0.25, 0.3) is 0 Å². The van der Waals surface area contributed by atoms with Gasteiger partial charge < -0.3 is 5.11 Å². The Morgan fingerprint density at radius 2 is 1.50 bits per heavy atom. The topological polar surface area (TPSA) is 20.2 Å². The molecule has 0 aliphatic rings. The molecule has 2 aromatic carbocycles. The molecule has 1 nitrogen and oxygen atoms in total. The molecule has 2 aromatic rings. The zero-order valence-corrected chi connectivity index (χ0v) is 8.40. The maximum atomic E-state index is 13.0. The number of rotatable bonds is 2. The third-order valence-corrected chi connectivity index (χ3v) is 2.37. The zero-order chi connectivity index (χ0) is 11.5. The lowest BCUT2D eigenvalue weighted by atomic mass is 10.0. The third-order valence-electron chi connectivity index (χ3n) is 2.37. The van der Waals surface area contributed by atoms with Crippen molar-refractivity contribution < 1.29 is 13.9 Å². The molecule has 0 heterocycles. The molecule has 0 amide bonds. The predicted molar refractivity (Wildman–Crippen MR) is 56.9 cm³/mol. The first-order valence-corrected chi connectivity index (χ1v) is 4.86. The van der Waals surface area contributed by atoms with E-state index in [1.807, 2.05) is 6.07 Å². The molecule has 16 heavy (non-hydrogen) atoms. The van der Waals surface area contributed by atoms with Gasteiger partial charge in [-0.15, -0.1) is 0 Å². The fourth-order valence-corrected chi connectivity index (χ4v) is 1.51. The fraction of sp³-hybridized carbons (Fsp3) is 0.0769. The Morgan fingerprint density at radius 1 is 0.812 bits per heavy atom. The lowest BCUT2D eigenvalue weighted by Crippen LogP contribution is -2.00. The van der Waals surface area contributed by atoms with Gasteiger partial charge >= 0.3 is 0 Å². The van der Waals surface area contributed by atoms with Crippen LogP contribution < -0.4 is 0 Å². The number of aliphatic hydroxyl groups excluding tert-OH is 1. The second-order valence-electron chi connectivity index (χ2n) is 3.49. The van der Waals surface area contributed by atoms with Crippen LogP contribution in [-0.4, -0.2) is 5.11 Å². The molecule has 82 valence electrons. The summed E-state index contributed by atoms with van der Waals surface area (Å²) < 4.78 is 25.7. The number of halogens is 2. The average molecular weight is 220 g/mol. The lowest BCUT2D eigenvalue weighted by molar-refractivity contribution is 0.219. The molecule has 0 bridgehead atoms. The van der Waals surface area contributed by atoms with Gasteiger partial charge in [-0.2, -0.15) is 0 Å². The molecule has 0 saturated heterocycles. The molecule has 1 atom stereocenters. The van der Waals surface area contributed by atoms with Gasteiger partial charge in [0.2, 0.25) is 0 Å². The summed E-state index contributed by atoms with van der Waals surface area (Å²) in [5.41, 5.74) is 0.985. The van der Waals surface area contributed by atoms with Gasteiger partial charge in [0, 0.05) is 0 Å².